The first kappa shape index (κ1) is 20.9. The van der Waals surface area contributed by atoms with E-state index in [0.29, 0.717) is 5.69 Å². The number of para-hydroxylation sites is 2. The number of nitrogens with zero attached hydrogens (tertiary/aromatic N) is 3. The third-order valence-corrected chi connectivity index (χ3v) is 4.34. The molecule has 0 saturated carbocycles. The number of carbonyl (C=O) groups excluding carboxylic acids is 1. The van der Waals surface area contributed by atoms with Gasteiger partial charge in [0.1, 0.15) is 12.0 Å². The minimum Gasteiger partial charge on any atom is -0.465 e. The Balaban J connectivity index is 2.01. The van der Waals surface area contributed by atoms with Gasteiger partial charge in [-0.2, -0.15) is 13.2 Å². The van der Waals surface area contributed by atoms with E-state index in [-0.39, 0.29) is 28.6 Å². The van der Waals surface area contributed by atoms with Gasteiger partial charge in [0.15, 0.2) is 11.6 Å². The number of halogens is 3. The van der Waals surface area contributed by atoms with E-state index in [9.17, 15) is 18.0 Å². The molecule has 3 N–H and O–H groups in total. The first-order valence-electron chi connectivity index (χ1n) is 8.68. The van der Waals surface area contributed by atoms with Gasteiger partial charge < -0.3 is 20.7 Å². The lowest BCUT2D eigenvalue weighted by Crippen LogP contribution is -2.18. The number of nitrogens with one attached hydrogen (secondary N) is 1. The fourth-order valence-electron chi connectivity index (χ4n) is 2.88. The van der Waals surface area contributed by atoms with Crippen molar-refractivity contribution < 1.29 is 22.7 Å². The molecular formula is C20H18F3N5O2. The van der Waals surface area contributed by atoms with Crippen molar-refractivity contribution in [3.8, 4) is 0 Å². The van der Waals surface area contributed by atoms with Crippen LogP contribution in [-0.4, -0.2) is 30.1 Å². The van der Waals surface area contributed by atoms with Crippen LogP contribution in [0.4, 0.5) is 41.9 Å². The Labute approximate surface area is 170 Å². The van der Waals surface area contributed by atoms with E-state index in [2.05, 4.69) is 15.3 Å². The molecule has 3 aromatic rings. The molecule has 1 aromatic heterocycles. The third kappa shape index (κ3) is 4.12. The van der Waals surface area contributed by atoms with Crippen molar-refractivity contribution in [3.05, 3.63) is 66.0 Å². The maximum atomic E-state index is 13.3. The highest BCUT2D eigenvalue weighted by atomic mass is 19.4. The summed E-state index contributed by atoms with van der Waals surface area (Å²) in [5.74, 6) is -0.352. The lowest BCUT2D eigenvalue weighted by molar-refractivity contribution is -0.136. The molecule has 0 aliphatic rings. The van der Waals surface area contributed by atoms with E-state index in [1.807, 2.05) is 0 Å². The van der Waals surface area contributed by atoms with E-state index < -0.39 is 17.7 Å². The van der Waals surface area contributed by atoms with Crippen molar-refractivity contribution >= 4 is 34.7 Å². The predicted molar refractivity (Wildman–Crippen MR) is 107 cm³/mol. The van der Waals surface area contributed by atoms with Gasteiger partial charge in [-0.05, 0) is 24.3 Å². The van der Waals surface area contributed by atoms with Crippen molar-refractivity contribution in [3.63, 3.8) is 0 Å². The van der Waals surface area contributed by atoms with Gasteiger partial charge in [0.2, 0.25) is 0 Å². The Hall–Kier alpha value is -3.82. The lowest BCUT2D eigenvalue weighted by atomic mass is 10.1. The molecule has 2 aromatic carbocycles. The number of alkyl halides is 3. The number of hydrogen-bond acceptors (Lipinski definition) is 7. The number of aromatic nitrogens is 2. The normalized spacial score (nSPS) is 11.1. The lowest BCUT2D eigenvalue weighted by Gasteiger charge is -2.23. The molecular weight excluding hydrogens is 399 g/mol. The summed E-state index contributed by atoms with van der Waals surface area (Å²) >= 11 is 0. The molecule has 0 atom stereocenters. The summed E-state index contributed by atoms with van der Waals surface area (Å²) in [5.41, 5.74) is 5.85. The number of nitrogens with two attached hydrogens (primary N) is 1. The molecule has 3 rings (SSSR count). The summed E-state index contributed by atoms with van der Waals surface area (Å²) in [6.07, 6.45) is -3.38. The highest BCUT2D eigenvalue weighted by Gasteiger charge is 2.33. The predicted octanol–water partition coefficient (Wildman–Crippen LogP) is 4.38. The molecule has 0 spiro atoms. The molecule has 10 heteroatoms. The van der Waals surface area contributed by atoms with E-state index >= 15 is 0 Å². The number of esters is 1. The van der Waals surface area contributed by atoms with Crippen molar-refractivity contribution in [2.75, 3.05) is 30.1 Å². The first-order chi connectivity index (χ1) is 14.2. The minimum atomic E-state index is -4.55. The molecule has 156 valence electrons. The fourth-order valence-corrected chi connectivity index (χ4v) is 2.88. The van der Waals surface area contributed by atoms with Crippen LogP contribution in [0.1, 0.15) is 15.9 Å². The van der Waals surface area contributed by atoms with E-state index in [0.717, 1.165) is 6.07 Å². The second-order valence-corrected chi connectivity index (χ2v) is 6.20. The van der Waals surface area contributed by atoms with Crippen LogP contribution < -0.4 is 16.0 Å². The summed E-state index contributed by atoms with van der Waals surface area (Å²) in [6, 6.07) is 11.6. The van der Waals surface area contributed by atoms with Gasteiger partial charge in [-0.1, -0.05) is 24.3 Å². The molecule has 0 fully saturated rings. The maximum absolute atomic E-state index is 13.3. The zero-order valence-electron chi connectivity index (χ0n) is 16.1. The number of hydrogen-bond donors (Lipinski definition) is 2. The molecule has 0 aliphatic carbocycles. The number of anilines is 5. The molecule has 0 bridgehead atoms. The van der Waals surface area contributed by atoms with Crippen LogP contribution in [0, 0.1) is 0 Å². The molecule has 1 heterocycles. The monoisotopic (exact) mass is 417 g/mol. The molecule has 0 amide bonds. The zero-order chi connectivity index (χ0) is 21.9. The Morgan fingerprint density at radius 2 is 1.77 bits per heavy atom. The molecule has 0 unspecified atom stereocenters. The quantitative estimate of drug-likeness (QED) is 0.595. The first-order valence-corrected chi connectivity index (χ1v) is 8.68. The van der Waals surface area contributed by atoms with Crippen LogP contribution in [0.5, 0.6) is 0 Å². The summed E-state index contributed by atoms with van der Waals surface area (Å²) in [5, 5.41) is 2.63. The van der Waals surface area contributed by atoms with E-state index in [4.69, 9.17) is 10.5 Å². The average molecular weight is 417 g/mol. The second kappa shape index (κ2) is 8.27. The summed E-state index contributed by atoms with van der Waals surface area (Å²) in [7, 11) is 2.88. The molecule has 0 saturated heterocycles. The van der Waals surface area contributed by atoms with Crippen LogP contribution in [0.3, 0.4) is 0 Å². The van der Waals surface area contributed by atoms with Gasteiger partial charge in [-0.25, -0.2) is 14.8 Å². The number of nitrogen functional groups attached to an aromatic ring is 1. The maximum Gasteiger partial charge on any atom is 0.418 e. The molecule has 0 radical (unpaired) electrons. The number of carbonyl (C=O) groups is 1. The Morgan fingerprint density at radius 3 is 2.47 bits per heavy atom. The van der Waals surface area contributed by atoms with Crippen molar-refractivity contribution in [2.45, 2.75) is 6.18 Å². The van der Waals surface area contributed by atoms with Crippen LogP contribution >= 0.6 is 0 Å². The number of rotatable bonds is 5. The Bertz CT molecular complexity index is 1070. The van der Waals surface area contributed by atoms with Crippen LogP contribution in [0.15, 0.2) is 54.9 Å². The molecule has 30 heavy (non-hydrogen) atoms. The summed E-state index contributed by atoms with van der Waals surface area (Å²) in [4.78, 5) is 21.7. The van der Waals surface area contributed by atoms with Crippen LogP contribution in [0.25, 0.3) is 0 Å². The highest BCUT2D eigenvalue weighted by Crippen LogP contribution is 2.38. The van der Waals surface area contributed by atoms with Crippen molar-refractivity contribution in [1.82, 2.24) is 9.97 Å². The third-order valence-electron chi connectivity index (χ3n) is 4.34. The molecule has 7 nitrogen and oxygen atoms in total. The second-order valence-electron chi connectivity index (χ2n) is 6.20. The van der Waals surface area contributed by atoms with Gasteiger partial charge in [0.05, 0.1) is 29.6 Å². The fraction of sp³-hybridized carbons (Fsp3) is 0.150. The summed E-state index contributed by atoms with van der Waals surface area (Å²) < 4.78 is 44.6. The molecule has 0 aliphatic heterocycles. The van der Waals surface area contributed by atoms with Gasteiger partial charge in [0, 0.05) is 7.05 Å². The number of ether oxygens (including phenoxy) is 1. The van der Waals surface area contributed by atoms with Gasteiger partial charge >= 0.3 is 12.1 Å². The highest BCUT2D eigenvalue weighted by molar-refractivity contribution is 5.97. The van der Waals surface area contributed by atoms with Crippen molar-refractivity contribution in [2.24, 2.45) is 0 Å². The topological polar surface area (TPSA) is 93.4 Å². The van der Waals surface area contributed by atoms with Gasteiger partial charge in [-0.15, -0.1) is 0 Å². The Kier molecular flexibility index (Phi) is 5.77. The summed E-state index contributed by atoms with van der Waals surface area (Å²) in [6.45, 7) is 0. The van der Waals surface area contributed by atoms with Gasteiger partial charge in [-0.3, -0.25) is 0 Å². The number of methoxy groups -OCH3 is 1. The SMILES string of the molecule is COC(=O)c1ccccc1N(C)c1ncnc(Nc2ccccc2C(F)(F)F)c1N. The van der Waals surface area contributed by atoms with Crippen LogP contribution in [-0.2, 0) is 10.9 Å². The smallest absolute Gasteiger partial charge is 0.418 e. The zero-order valence-corrected chi connectivity index (χ0v) is 16.1. The van der Waals surface area contributed by atoms with Crippen molar-refractivity contribution in [1.29, 1.82) is 0 Å². The van der Waals surface area contributed by atoms with E-state index in [1.165, 1.54) is 36.5 Å². The number of benzene rings is 2. The Morgan fingerprint density at radius 1 is 1.10 bits per heavy atom. The van der Waals surface area contributed by atoms with Gasteiger partial charge in [0.25, 0.3) is 0 Å². The van der Waals surface area contributed by atoms with E-state index in [1.54, 1.807) is 31.3 Å². The average Bonchev–Trinajstić information content (AvgIpc) is 2.74. The van der Waals surface area contributed by atoms with Crippen LogP contribution in [0.2, 0.25) is 0 Å². The largest absolute Gasteiger partial charge is 0.465 e. The minimum absolute atomic E-state index is 0.000834. The standard InChI is InChI=1S/C20H18F3N5O2/c1-28(15-10-6-3-7-12(15)19(29)30-2)18-16(24)17(25-11-26-18)27-14-9-5-4-8-13(14)20(21,22)23/h3-11H,24H2,1-2H3,(H,25,26,27).